The zero-order chi connectivity index (χ0) is 9.54. The summed E-state index contributed by atoms with van der Waals surface area (Å²) >= 11 is 0. The predicted octanol–water partition coefficient (Wildman–Crippen LogP) is -1.72. The molecule has 0 amide bonds. The Balaban J connectivity index is 2.45. The maximum absolute atomic E-state index is 11.1. The minimum absolute atomic E-state index is 0.0197. The Labute approximate surface area is 78.2 Å². The molecule has 0 atom stereocenters. The standard InChI is InChI=1S/C9H4N4O/c14-6-1-2-7-5(3-6)4-8-9(7)11-13-12-10-8/h1-4H. The first-order valence-corrected chi connectivity index (χ1v) is 4.07. The Hall–Kier alpha value is -2.17. The van der Waals surface area contributed by atoms with Gasteiger partial charge < -0.3 is 0 Å². The highest BCUT2D eigenvalue weighted by atomic mass is 16.1. The van der Waals surface area contributed by atoms with Crippen LogP contribution in [0.25, 0.3) is 11.6 Å². The van der Waals surface area contributed by atoms with Gasteiger partial charge in [-0.05, 0) is 40.3 Å². The molecule has 14 heavy (non-hydrogen) atoms. The fourth-order valence-corrected chi connectivity index (χ4v) is 1.54. The van der Waals surface area contributed by atoms with E-state index in [2.05, 4.69) is 20.6 Å². The van der Waals surface area contributed by atoms with Crippen LogP contribution < -0.4 is 10.7 Å². The summed E-state index contributed by atoms with van der Waals surface area (Å²) in [4.78, 5) is 11.1. The molecule has 0 saturated heterocycles. The van der Waals surface area contributed by atoms with Gasteiger partial charge in [-0.2, -0.15) is 0 Å². The van der Waals surface area contributed by atoms with E-state index < -0.39 is 0 Å². The lowest BCUT2D eigenvalue weighted by Crippen LogP contribution is -2.32. The molecule has 5 heteroatoms. The first kappa shape index (κ1) is 7.25. The minimum Gasteiger partial charge on any atom is -0.290 e. The molecule has 1 heterocycles. The third-order valence-electron chi connectivity index (χ3n) is 2.15. The Morgan fingerprint density at radius 2 is 1.86 bits per heavy atom. The molecule has 1 aromatic rings. The average Bonchev–Trinajstić information content (AvgIpc) is 2.54. The molecule has 66 valence electrons. The first-order chi connectivity index (χ1) is 6.84. The summed E-state index contributed by atoms with van der Waals surface area (Å²) in [5.74, 6) is -0.0197. The van der Waals surface area contributed by atoms with E-state index in [0.717, 1.165) is 11.1 Å². The smallest absolute Gasteiger partial charge is 0.179 e. The molecule has 0 aromatic carbocycles. The van der Waals surface area contributed by atoms with E-state index in [0.29, 0.717) is 10.7 Å². The van der Waals surface area contributed by atoms with Crippen LogP contribution in [-0.2, 0) is 4.79 Å². The summed E-state index contributed by atoms with van der Waals surface area (Å²) in [6, 6.07) is 0. The molecule has 0 aliphatic heterocycles. The zero-order valence-corrected chi connectivity index (χ0v) is 7.01. The second-order valence-corrected chi connectivity index (χ2v) is 3.01. The predicted molar refractivity (Wildman–Crippen MR) is 47.0 cm³/mol. The topological polar surface area (TPSA) is 68.6 Å². The summed E-state index contributed by atoms with van der Waals surface area (Å²) < 4.78 is 0. The fourth-order valence-electron chi connectivity index (χ4n) is 1.54. The quantitative estimate of drug-likeness (QED) is 0.479. The Morgan fingerprint density at radius 1 is 1.00 bits per heavy atom. The van der Waals surface area contributed by atoms with E-state index in [9.17, 15) is 4.79 Å². The van der Waals surface area contributed by atoms with Gasteiger partial charge in [0.05, 0.1) is 0 Å². The second kappa shape index (κ2) is 2.41. The lowest BCUT2D eigenvalue weighted by Gasteiger charge is -2.01. The zero-order valence-electron chi connectivity index (χ0n) is 7.01. The number of nitrogens with zero attached hydrogens (tertiary/aromatic N) is 4. The first-order valence-electron chi connectivity index (χ1n) is 4.07. The number of allylic oxidation sites excluding steroid dienone is 4. The second-order valence-electron chi connectivity index (χ2n) is 3.01. The Kier molecular flexibility index (Phi) is 1.25. The summed E-state index contributed by atoms with van der Waals surface area (Å²) in [5, 5.41) is 16.0. The van der Waals surface area contributed by atoms with Gasteiger partial charge >= 0.3 is 0 Å². The normalized spacial score (nSPS) is 17.3. The molecule has 0 N–H and O–H groups in total. The Bertz CT molecular complexity index is 612. The van der Waals surface area contributed by atoms with Crippen LogP contribution in [0.2, 0.25) is 0 Å². The summed E-state index contributed by atoms with van der Waals surface area (Å²) in [6.07, 6.45) is 6.58. The van der Waals surface area contributed by atoms with Crippen molar-refractivity contribution in [1.82, 2.24) is 20.6 Å². The van der Waals surface area contributed by atoms with Crippen molar-refractivity contribution >= 4 is 17.4 Å². The van der Waals surface area contributed by atoms with Gasteiger partial charge in [0, 0.05) is 5.57 Å². The van der Waals surface area contributed by atoms with E-state index >= 15 is 0 Å². The van der Waals surface area contributed by atoms with Crippen LogP contribution in [-0.4, -0.2) is 26.4 Å². The number of carbonyl (C=O) groups is 1. The van der Waals surface area contributed by atoms with Gasteiger partial charge in [0.15, 0.2) is 5.78 Å². The van der Waals surface area contributed by atoms with Gasteiger partial charge in [0.2, 0.25) is 0 Å². The highest BCUT2D eigenvalue weighted by Gasteiger charge is 2.15. The van der Waals surface area contributed by atoms with E-state index in [1.807, 2.05) is 0 Å². The number of fused-ring (bicyclic) bond motifs is 2. The van der Waals surface area contributed by atoms with Gasteiger partial charge in [-0.3, -0.25) is 4.79 Å². The molecule has 0 saturated carbocycles. The van der Waals surface area contributed by atoms with Crippen molar-refractivity contribution in [2.45, 2.75) is 0 Å². The minimum atomic E-state index is -0.0197. The maximum Gasteiger partial charge on any atom is 0.179 e. The summed E-state index contributed by atoms with van der Waals surface area (Å²) in [5.41, 5.74) is 1.73. The molecule has 0 radical (unpaired) electrons. The lowest BCUT2D eigenvalue weighted by molar-refractivity contribution is -0.110. The van der Waals surface area contributed by atoms with Crippen molar-refractivity contribution in [3.05, 3.63) is 34.5 Å². The van der Waals surface area contributed by atoms with E-state index in [1.165, 1.54) is 6.08 Å². The molecule has 0 fully saturated rings. The molecule has 5 nitrogen and oxygen atoms in total. The van der Waals surface area contributed by atoms with E-state index in [-0.39, 0.29) is 5.78 Å². The largest absolute Gasteiger partial charge is 0.290 e. The van der Waals surface area contributed by atoms with Crippen LogP contribution in [0.15, 0.2) is 23.8 Å². The number of hydrogen-bond donors (Lipinski definition) is 0. The molecule has 2 aliphatic rings. The van der Waals surface area contributed by atoms with Crippen LogP contribution in [0.1, 0.15) is 0 Å². The van der Waals surface area contributed by atoms with Crippen LogP contribution >= 0.6 is 0 Å². The van der Waals surface area contributed by atoms with Crippen molar-refractivity contribution in [2.75, 3.05) is 0 Å². The SMILES string of the molecule is O=C1C=CC2=c3nnnnc3=CC2=C1. The Morgan fingerprint density at radius 3 is 2.79 bits per heavy atom. The highest BCUT2D eigenvalue weighted by Crippen LogP contribution is 2.18. The number of rotatable bonds is 0. The van der Waals surface area contributed by atoms with Gasteiger partial charge in [-0.25, -0.2) is 0 Å². The van der Waals surface area contributed by atoms with Crippen LogP contribution in [0.4, 0.5) is 0 Å². The van der Waals surface area contributed by atoms with Crippen LogP contribution in [0.5, 0.6) is 0 Å². The average molecular weight is 184 g/mol. The van der Waals surface area contributed by atoms with Gasteiger partial charge in [0.25, 0.3) is 0 Å². The van der Waals surface area contributed by atoms with Gasteiger partial charge in [0.1, 0.15) is 10.7 Å². The monoisotopic (exact) mass is 184 g/mol. The van der Waals surface area contributed by atoms with Gasteiger partial charge in [-0.1, -0.05) is 0 Å². The molecule has 1 aromatic heterocycles. The van der Waals surface area contributed by atoms with Gasteiger partial charge in [-0.15, -0.1) is 10.2 Å². The van der Waals surface area contributed by atoms with E-state index in [1.54, 1.807) is 18.2 Å². The molecule has 0 spiro atoms. The number of hydrogen-bond acceptors (Lipinski definition) is 5. The number of ketones is 1. The van der Waals surface area contributed by atoms with Crippen LogP contribution in [0.3, 0.4) is 0 Å². The van der Waals surface area contributed by atoms with Crippen molar-refractivity contribution in [3.8, 4) is 0 Å². The summed E-state index contributed by atoms with van der Waals surface area (Å²) in [7, 11) is 0. The number of aromatic nitrogens is 4. The fraction of sp³-hybridized carbons (Fsp3) is 0. The van der Waals surface area contributed by atoms with Crippen molar-refractivity contribution in [1.29, 1.82) is 0 Å². The van der Waals surface area contributed by atoms with E-state index in [4.69, 9.17) is 0 Å². The van der Waals surface area contributed by atoms with Crippen molar-refractivity contribution in [2.24, 2.45) is 0 Å². The molecule has 0 bridgehead atoms. The highest BCUT2D eigenvalue weighted by molar-refractivity contribution is 6.09. The third-order valence-corrected chi connectivity index (χ3v) is 2.15. The molecule has 0 unspecified atom stereocenters. The van der Waals surface area contributed by atoms with Crippen molar-refractivity contribution in [3.63, 3.8) is 0 Å². The maximum atomic E-state index is 11.1. The molecule has 3 rings (SSSR count). The van der Waals surface area contributed by atoms with Crippen LogP contribution in [0, 0.1) is 0 Å². The lowest BCUT2D eigenvalue weighted by atomic mass is 10.0. The molecular weight excluding hydrogens is 180 g/mol. The summed E-state index contributed by atoms with van der Waals surface area (Å²) in [6.45, 7) is 0. The van der Waals surface area contributed by atoms with Crippen molar-refractivity contribution < 1.29 is 4.79 Å². The molecular formula is C9H4N4O. The molecule has 2 aliphatic carbocycles. The number of carbonyl (C=O) groups excluding carboxylic acids is 1. The third kappa shape index (κ3) is 0.861.